The molecule has 16 heavy (non-hydrogen) atoms. The fraction of sp³-hybridized carbons (Fsp3) is 0.455. The highest BCUT2D eigenvalue weighted by Gasteiger charge is 2.15. The van der Waals surface area contributed by atoms with Gasteiger partial charge in [0.05, 0.1) is 11.3 Å². The second-order valence-corrected chi connectivity index (χ2v) is 3.80. The Morgan fingerprint density at radius 3 is 2.94 bits per heavy atom. The smallest absolute Gasteiger partial charge is 0.125 e. The normalized spacial score (nSPS) is 16.7. The van der Waals surface area contributed by atoms with Gasteiger partial charge in [-0.2, -0.15) is 5.26 Å². The molecule has 1 aromatic heterocycles. The molecule has 1 aromatic rings. The van der Waals surface area contributed by atoms with E-state index in [9.17, 15) is 0 Å². The average Bonchev–Trinajstić information content (AvgIpc) is 2.31. The van der Waals surface area contributed by atoms with Crippen LogP contribution in [0.15, 0.2) is 12.3 Å². The molecule has 84 valence electrons. The van der Waals surface area contributed by atoms with Crippen molar-refractivity contribution in [3.05, 3.63) is 17.8 Å². The van der Waals surface area contributed by atoms with E-state index < -0.39 is 0 Å². The third kappa shape index (κ3) is 2.41. The summed E-state index contributed by atoms with van der Waals surface area (Å²) in [4.78, 5) is 3.89. The minimum Gasteiger partial charge on any atom is -0.384 e. The highest BCUT2D eigenvalue weighted by atomic mass is 16.5. The summed E-state index contributed by atoms with van der Waals surface area (Å²) in [5.41, 5.74) is 6.90. The fourth-order valence-corrected chi connectivity index (χ4v) is 1.74. The zero-order chi connectivity index (χ0) is 11.4. The van der Waals surface area contributed by atoms with Crippen molar-refractivity contribution in [1.82, 2.24) is 4.98 Å². The summed E-state index contributed by atoms with van der Waals surface area (Å²) in [5, 5.41) is 12.3. The minimum absolute atomic E-state index is 0.350. The van der Waals surface area contributed by atoms with Crippen molar-refractivity contribution in [2.24, 2.45) is 0 Å². The zero-order valence-corrected chi connectivity index (χ0v) is 8.94. The molecule has 0 bridgehead atoms. The summed E-state index contributed by atoms with van der Waals surface area (Å²) < 4.78 is 5.28. The predicted octanol–water partition coefficient (Wildman–Crippen LogP) is 1.13. The number of rotatable bonds is 2. The number of nitrogens with two attached hydrogens (primary N) is 1. The van der Waals surface area contributed by atoms with E-state index in [1.165, 1.54) is 6.20 Å². The molecule has 0 amide bonds. The number of hydrogen-bond acceptors (Lipinski definition) is 5. The van der Waals surface area contributed by atoms with Crippen LogP contribution in [0.3, 0.4) is 0 Å². The van der Waals surface area contributed by atoms with Crippen LogP contribution in [-0.2, 0) is 4.74 Å². The van der Waals surface area contributed by atoms with Crippen molar-refractivity contribution in [2.45, 2.75) is 18.9 Å². The lowest BCUT2D eigenvalue weighted by Crippen LogP contribution is -2.28. The first kappa shape index (κ1) is 10.7. The van der Waals surface area contributed by atoms with Crippen LogP contribution >= 0.6 is 0 Å². The Morgan fingerprint density at radius 1 is 1.50 bits per heavy atom. The van der Waals surface area contributed by atoms with Crippen LogP contribution in [0.2, 0.25) is 0 Å². The number of ether oxygens (including phenoxy) is 1. The summed E-state index contributed by atoms with van der Waals surface area (Å²) in [5.74, 6) is 0.425. The second-order valence-electron chi connectivity index (χ2n) is 3.80. The number of pyridine rings is 1. The maximum absolute atomic E-state index is 8.94. The van der Waals surface area contributed by atoms with Gasteiger partial charge in [0.15, 0.2) is 0 Å². The fourth-order valence-electron chi connectivity index (χ4n) is 1.74. The van der Waals surface area contributed by atoms with Gasteiger partial charge in [0.1, 0.15) is 11.9 Å². The number of nitriles is 1. The van der Waals surface area contributed by atoms with E-state index in [0.717, 1.165) is 31.7 Å². The first-order valence-electron chi connectivity index (χ1n) is 5.29. The van der Waals surface area contributed by atoms with Crippen LogP contribution in [-0.4, -0.2) is 24.2 Å². The molecule has 0 aromatic carbocycles. The van der Waals surface area contributed by atoms with Gasteiger partial charge in [-0.3, -0.25) is 0 Å². The molecular weight excluding hydrogens is 204 g/mol. The molecule has 2 heterocycles. The maximum atomic E-state index is 8.94. The SMILES string of the molecule is N#Cc1cnc(N)cc1NC1CCOCC1. The van der Waals surface area contributed by atoms with E-state index in [0.29, 0.717) is 17.4 Å². The summed E-state index contributed by atoms with van der Waals surface area (Å²) >= 11 is 0. The molecule has 1 aliphatic heterocycles. The Labute approximate surface area is 94.2 Å². The van der Waals surface area contributed by atoms with Crippen LogP contribution in [0.4, 0.5) is 11.5 Å². The van der Waals surface area contributed by atoms with Gasteiger partial charge in [-0.15, -0.1) is 0 Å². The number of nitrogens with zero attached hydrogens (tertiary/aromatic N) is 2. The van der Waals surface area contributed by atoms with Crippen molar-refractivity contribution < 1.29 is 4.74 Å². The molecule has 0 aliphatic carbocycles. The van der Waals surface area contributed by atoms with Gasteiger partial charge in [0, 0.05) is 31.5 Å². The average molecular weight is 218 g/mol. The number of nitrogens with one attached hydrogen (secondary N) is 1. The zero-order valence-electron chi connectivity index (χ0n) is 8.94. The molecule has 0 atom stereocenters. The highest BCUT2D eigenvalue weighted by molar-refractivity contribution is 5.61. The van der Waals surface area contributed by atoms with Crippen molar-refractivity contribution in [1.29, 1.82) is 5.26 Å². The summed E-state index contributed by atoms with van der Waals surface area (Å²) in [6, 6.07) is 4.15. The number of aromatic nitrogens is 1. The van der Waals surface area contributed by atoms with E-state index in [2.05, 4.69) is 16.4 Å². The van der Waals surface area contributed by atoms with Crippen LogP contribution in [0.1, 0.15) is 18.4 Å². The first-order chi connectivity index (χ1) is 7.79. The number of hydrogen-bond donors (Lipinski definition) is 2. The Kier molecular flexibility index (Phi) is 3.22. The second kappa shape index (κ2) is 4.81. The lowest BCUT2D eigenvalue weighted by molar-refractivity contribution is 0.0904. The molecule has 1 saturated heterocycles. The van der Waals surface area contributed by atoms with Gasteiger partial charge in [-0.1, -0.05) is 0 Å². The van der Waals surface area contributed by atoms with Crippen molar-refractivity contribution in [3.8, 4) is 6.07 Å². The molecule has 0 saturated carbocycles. The molecule has 2 rings (SSSR count). The quantitative estimate of drug-likeness (QED) is 0.777. The van der Waals surface area contributed by atoms with Crippen molar-refractivity contribution in [3.63, 3.8) is 0 Å². The molecule has 1 aliphatic rings. The van der Waals surface area contributed by atoms with Crippen molar-refractivity contribution in [2.75, 3.05) is 24.3 Å². The monoisotopic (exact) mass is 218 g/mol. The van der Waals surface area contributed by atoms with Gasteiger partial charge in [0.2, 0.25) is 0 Å². The minimum atomic E-state index is 0.350. The standard InChI is InChI=1S/C11H14N4O/c12-6-8-7-14-11(13)5-10(8)15-9-1-3-16-4-2-9/h5,7,9H,1-4H2,(H3,13,14,15). The number of anilines is 2. The molecule has 0 spiro atoms. The third-order valence-corrected chi connectivity index (χ3v) is 2.63. The Bertz CT molecular complexity index is 407. The van der Waals surface area contributed by atoms with E-state index >= 15 is 0 Å². The molecule has 1 fully saturated rings. The highest BCUT2D eigenvalue weighted by Crippen LogP contribution is 2.20. The van der Waals surface area contributed by atoms with Crippen LogP contribution < -0.4 is 11.1 Å². The molecule has 5 nitrogen and oxygen atoms in total. The first-order valence-corrected chi connectivity index (χ1v) is 5.29. The Hall–Kier alpha value is -1.80. The summed E-state index contributed by atoms with van der Waals surface area (Å²) in [6.07, 6.45) is 3.40. The largest absolute Gasteiger partial charge is 0.384 e. The van der Waals surface area contributed by atoms with E-state index in [-0.39, 0.29) is 0 Å². The molecule has 0 unspecified atom stereocenters. The lowest BCUT2D eigenvalue weighted by Gasteiger charge is -2.24. The topological polar surface area (TPSA) is 84.0 Å². The van der Waals surface area contributed by atoms with E-state index in [4.69, 9.17) is 15.7 Å². The molecule has 5 heteroatoms. The lowest BCUT2D eigenvalue weighted by atomic mass is 10.1. The van der Waals surface area contributed by atoms with Crippen LogP contribution in [0.25, 0.3) is 0 Å². The van der Waals surface area contributed by atoms with Crippen LogP contribution in [0.5, 0.6) is 0 Å². The third-order valence-electron chi connectivity index (χ3n) is 2.63. The number of nitrogen functional groups attached to an aromatic ring is 1. The summed E-state index contributed by atoms with van der Waals surface area (Å²) in [7, 11) is 0. The van der Waals surface area contributed by atoms with Gasteiger partial charge in [-0.05, 0) is 12.8 Å². The molecule has 0 radical (unpaired) electrons. The molecular formula is C11H14N4O. The van der Waals surface area contributed by atoms with Gasteiger partial charge < -0.3 is 15.8 Å². The van der Waals surface area contributed by atoms with Gasteiger partial charge >= 0.3 is 0 Å². The predicted molar refractivity (Wildman–Crippen MR) is 60.8 cm³/mol. The van der Waals surface area contributed by atoms with Crippen LogP contribution in [0, 0.1) is 11.3 Å². The van der Waals surface area contributed by atoms with E-state index in [1.807, 2.05) is 0 Å². The Morgan fingerprint density at radius 2 is 2.25 bits per heavy atom. The molecule has 3 N–H and O–H groups in total. The van der Waals surface area contributed by atoms with Crippen molar-refractivity contribution >= 4 is 11.5 Å². The van der Waals surface area contributed by atoms with Gasteiger partial charge in [0.25, 0.3) is 0 Å². The van der Waals surface area contributed by atoms with E-state index in [1.54, 1.807) is 6.07 Å². The summed E-state index contributed by atoms with van der Waals surface area (Å²) in [6.45, 7) is 1.53. The Balaban J connectivity index is 2.13. The maximum Gasteiger partial charge on any atom is 0.125 e. The van der Waals surface area contributed by atoms with Gasteiger partial charge in [-0.25, -0.2) is 4.98 Å².